The van der Waals surface area contributed by atoms with Crippen molar-refractivity contribution in [3.05, 3.63) is 34.9 Å². The van der Waals surface area contributed by atoms with Crippen LogP contribution in [0.1, 0.15) is 44.5 Å². The average molecular weight is 481 g/mol. The normalized spacial score (nSPS) is 16.2. The molecule has 0 bridgehead atoms. The quantitative estimate of drug-likeness (QED) is 0.326. The number of hydrogen-bond acceptors (Lipinski definition) is 9. The summed E-state index contributed by atoms with van der Waals surface area (Å²) in [5.74, 6) is -0.467. The molecule has 0 radical (unpaired) electrons. The molecule has 2 rings (SSSR count). The summed E-state index contributed by atoms with van der Waals surface area (Å²) in [6.45, 7) is 6.54. The van der Waals surface area contributed by atoms with Crippen LogP contribution in [0.4, 0.5) is 0 Å². The predicted molar refractivity (Wildman–Crippen MR) is 115 cm³/mol. The Morgan fingerprint density at radius 3 is 1.97 bits per heavy atom. The first-order chi connectivity index (χ1) is 14.2. The fourth-order valence-electron chi connectivity index (χ4n) is 3.04. The standard InChI is InChI=1S/C18H27ClN2O7P2/c1-5-25-29(23,26-6-2)18(30(24,27-7-3)28-8-4)13-16(20-21-18)17(22)14-10-9-11-15(19)12-14/h9-12,21H,5-8,13H2,1-4H3. The van der Waals surface area contributed by atoms with Crippen LogP contribution in [0.2, 0.25) is 5.02 Å². The molecular weight excluding hydrogens is 454 g/mol. The van der Waals surface area contributed by atoms with Crippen molar-refractivity contribution < 1.29 is 32.0 Å². The lowest BCUT2D eigenvalue weighted by Gasteiger charge is -2.38. The van der Waals surface area contributed by atoms with E-state index in [0.717, 1.165) is 0 Å². The minimum atomic E-state index is -4.17. The summed E-state index contributed by atoms with van der Waals surface area (Å²) in [6.07, 6.45) is -0.340. The molecule has 1 heterocycles. The van der Waals surface area contributed by atoms with E-state index < -0.39 is 26.0 Å². The summed E-state index contributed by atoms with van der Waals surface area (Å²) in [5.41, 5.74) is 2.88. The van der Waals surface area contributed by atoms with Crippen molar-refractivity contribution in [3.8, 4) is 0 Å². The van der Waals surface area contributed by atoms with E-state index in [1.165, 1.54) is 6.07 Å². The molecule has 30 heavy (non-hydrogen) atoms. The third-order valence-electron chi connectivity index (χ3n) is 4.24. The molecule has 1 aliphatic heterocycles. The smallest absolute Gasteiger partial charge is 0.307 e. The Morgan fingerprint density at radius 2 is 1.53 bits per heavy atom. The number of hydrogen-bond donors (Lipinski definition) is 1. The average Bonchev–Trinajstić information content (AvgIpc) is 3.16. The van der Waals surface area contributed by atoms with Crippen LogP contribution in [-0.4, -0.2) is 42.9 Å². The van der Waals surface area contributed by atoms with Crippen LogP contribution < -0.4 is 5.43 Å². The van der Waals surface area contributed by atoms with Gasteiger partial charge in [0.1, 0.15) is 5.71 Å². The number of nitrogens with zero attached hydrogens (tertiary/aromatic N) is 1. The Balaban J connectivity index is 2.55. The number of hydrazone groups is 1. The van der Waals surface area contributed by atoms with E-state index in [4.69, 9.17) is 29.7 Å². The molecular formula is C18H27ClN2O7P2. The maximum Gasteiger partial charge on any atom is 0.370 e. The highest BCUT2D eigenvalue weighted by Crippen LogP contribution is 2.78. The first-order valence-corrected chi connectivity index (χ1v) is 13.1. The van der Waals surface area contributed by atoms with Gasteiger partial charge in [-0.1, -0.05) is 23.7 Å². The number of Topliss-reactive ketones (excluding diaryl/α,β-unsaturated/α-hetero) is 1. The van der Waals surface area contributed by atoms with Crippen LogP contribution >= 0.6 is 26.8 Å². The SMILES string of the molecule is CCOP(=O)(OCC)C1(P(=O)(OCC)OCC)CC(C(=O)c2cccc(Cl)c2)=NN1. The lowest BCUT2D eigenvalue weighted by Crippen LogP contribution is -2.42. The summed E-state index contributed by atoms with van der Waals surface area (Å²) in [6, 6.07) is 6.32. The summed E-state index contributed by atoms with van der Waals surface area (Å²) in [5, 5.41) is 2.44. The summed E-state index contributed by atoms with van der Waals surface area (Å²) < 4.78 is 49.6. The van der Waals surface area contributed by atoms with Gasteiger partial charge in [-0.15, -0.1) is 0 Å². The van der Waals surface area contributed by atoms with E-state index in [1.807, 2.05) is 0 Å². The van der Waals surface area contributed by atoms with Crippen molar-refractivity contribution in [1.82, 2.24) is 5.43 Å². The molecule has 0 fully saturated rings. The van der Waals surface area contributed by atoms with Gasteiger partial charge in [-0.3, -0.25) is 19.4 Å². The van der Waals surface area contributed by atoms with Gasteiger partial charge in [0.25, 0.3) is 5.02 Å². The van der Waals surface area contributed by atoms with Crippen LogP contribution in [0.25, 0.3) is 0 Å². The number of rotatable bonds is 12. The van der Waals surface area contributed by atoms with Gasteiger partial charge in [0, 0.05) is 17.0 Å². The number of halogens is 1. The number of carbonyl (C=O) groups is 1. The Morgan fingerprint density at radius 1 is 1.03 bits per heavy atom. The molecule has 1 aromatic rings. The Labute approximate surface area is 181 Å². The van der Waals surface area contributed by atoms with E-state index in [9.17, 15) is 13.9 Å². The molecule has 0 saturated heterocycles. The fourth-order valence-corrected chi connectivity index (χ4v) is 8.52. The molecule has 0 amide bonds. The molecule has 0 spiro atoms. The van der Waals surface area contributed by atoms with E-state index in [1.54, 1.807) is 45.9 Å². The molecule has 0 aromatic heterocycles. The topological polar surface area (TPSA) is 113 Å². The Hall–Kier alpha value is -1.05. The van der Waals surface area contributed by atoms with E-state index in [0.29, 0.717) is 5.02 Å². The van der Waals surface area contributed by atoms with Crippen molar-refractivity contribution in [3.63, 3.8) is 0 Å². The molecule has 0 unspecified atom stereocenters. The van der Waals surface area contributed by atoms with Gasteiger partial charge in [-0.25, -0.2) is 0 Å². The third kappa shape index (κ3) is 4.73. The molecule has 1 aromatic carbocycles. The van der Waals surface area contributed by atoms with Crippen molar-refractivity contribution in [2.24, 2.45) is 5.10 Å². The van der Waals surface area contributed by atoms with Gasteiger partial charge < -0.3 is 18.1 Å². The van der Waals surface area contributed by atoms with Crippen LogP contribution in [0.5, 0.6) is 0 Å². The largest absolute Gasteiger partial charge is 0.370 e. The number of carbonyl (C=O) groups excluding carboxylic acids is 1. The lowest BCUT2D eigenvalue weighted by atomic mass is 10.1. The minimum Gasteiger partial charge on any atom is -0.307 e. The van der Waals surface area contributed by atoms with Crippen LogP contribution in [0.3, 0.4) is 0 Å². The van der Waals surface area contributed by atoms with Gasteiger partial charge >= 0.3 is 15.2 Å². The van der Waals surface area contributed by atoms with Gasteiger partial charge in [0.2, 0.25) is 5.78 Å². The van der Waals surface area contributed by atoms with Crippen molar-refractivity contribution in [2.45, 2.75) is 39.1 Å². The zero-order valence-corrected chi connectivity index (χ0v) is 20.0. The van der Waals surface area contributed by atoms with Gasteiger partial charge in [0.15, 0.2) is 0 Å². The second kappa shape index (κ2) is 10.5. The van der Waals surface area contributed by atoms with Crippen LogP contribution in [0, 0.1) is 0 Å². The second-order valence-corrected chi connectivity index (χ2v) is 11.5. The van der Waals surface area contributed by atoms with Crippen LogP contribution in [-0.2, 0) is 27.2 Å². The fraction of sp³-hybridized carbons (Fsp3) is 0.556. The van der Waals surface area contributed by atoms with Crippen molar-refractivity contribution in [1.29, 1.82) is 0 Å². The molecule has 1 N–H and O–H groups in total. The summed E-state index contributed by atoms with van der Waals surface area (Å²) >= 11 is 5.99. The van der Waals surface area contributed by atoms with Crippen molar-refractivity contribution in [2.75, 3.05) is 26.4 Å². The minimum absolute atomic E-state index is 0.0104. The maximum atomic E-state index is 13.8. The third-order valence-corrected chi connectivity index (χ3v) is 10.7. The molecule has 1 aliphatic rings. The van der Waals surface area contributed by atoms with Crippen molar-refractivity contribution >= 4 is 38.3 Å². The predicted octanol–water partition coefficient (Wildman–Crippen LogP) is 5.06. The maximum absolute atomic E-state index is 13.8. The molecule has 168 valence electrons. The number of benzene rings is 1. The lowest BCUT2D eigenvalue weighted by molar-refractivity contribution is 0.106. The Bertz CT molecular complexity index is 843. The number of nitrogens with one attached hydrogen (secondary N) is 1. The van der Waals surface area contributed by atoms with Gasteiger partial charge in [-0.05, 0) is 39.8 Å². The summed E-state index contributed by atoms with van der Waals surface area (Å²) in [4.78, 5) is 13.0. The van der Waals surface area contributed by atoms with E-state index >= 15 is 0 Å². The highest BCUT2D eigenvalue weighted by atomic mass is 35.5. The van der Waals surface area contributed by atoms with Crippen LogP contribution in [0.15, 0.2) is 29.4 Å². The van der Waals surface area contributed by atoms with Gasteiger partial charge in [-0.2, -0.15) is 5.10 Å². The van der Waals surface area contributed by atoms with Gasteiger partial charge in [0.05, 0.1) is 26.4 Å². The number of ketones is 1. The highest BCUT2D eigenvalue weighted by molar-refractivity contribution is 7.74. The monoisotopic (exact) mass is 480 g/mol. The Kier molecular flexibility index (Phi) is 8.83. The highest BCUT2D eigenvalue weighted by Gasteiger charge is 2.68. The zero-order valence-electron chi connectivity index (χ0n) is 17.4. The second-order valence-electron chi connectivity index (χ2n) is 6.17. The molecule has 0 saturated carbocycles. The molecule has 0 aliphatic carbocycles. The zero-order chi connectivity index (χ0) is 22.4. The molecule has 12 heteroatoms. The van der Waals surface area contributed by atoms with E-state index in [-0.39, 0.29) is 44.1 Å². The first-order valence-electron chi connectivity index (χ1n) is 9.64. The van der Waals surface area contributed by atoms with E-state index in [2.05, 4.69) is 10.5 Å². The summed E-state index contributed by atoms with van der Waals surface area (Å²) in [7, 11) is -8.35. The molecule has 9 nitrogen and oxygen atoms in total. The molecule has 0 atom stereocenters. The first kappa shape index (κ1) is 25.2.